The largest absolute Gasteiger partial charge is 0.349 e. The normalized spacial score (nSPS) is 13.2. The number of aromatic nitrogens is 2. The second-order valence-electron chi connectivity index (χ2n) is 8.05. The first-order valence-electron chi connectivity index (χ1n) is 10.5. The minimum atomic E-state index is -0.161. The third kappa shape index (κ3) is 6.02. The summed E-state index contributed by atoms with van der Waals surface area (Å²) in [5, 5.41) is 10.3. The lowest BCUT2D eigenvalue weighted by Gasteiger charge is -2.16. The smallest absolute Gasteiger partial charge is 0.253 e. The van der Waals surface area contributed by atoms with Crippen molar-refractivity contribution in [3.8, 4) is 0 Å². The van der Waals surface area contributed by atoms with Crippen LogP contribution >= 0.6 is 0 Å². The summed E-state index contributed by atoms with van der Waals surface area (Å²) in [6.45, 7) is 1.53. The highest BCUT2D eigenvalue weighted by atomic mass is 16.2. The summed E-state index contributed by atoms with van der Waals surface area (Å²) in [7, 11) is 1.89. The molecule has 0 spiro atoms. The van der Waals surface area contributed by atoms with Crippen molar-refractivity contribution in [1.29, 1.82) is 0 Å². The van der Waals surface area contributed by atoms with Crippen LogP contribution in [0.15, 0.2) is 67.0 Å². The zero-order chi connectivity index (χ0) is 21.6. The number of amides is 2. The summed E-state index contributed by atoms with van der Waals surface area (Å²) in [5.74, 6) is -0.302. The SMILES string of the molecule is CN(CC(=O)Nc1ccccc1C(=O)NC1CC1)Cc1cnn(Cc2ccccc2)c1. The van der Waals surface area contributed by atoms with Gasteiger partial charge in [-0.25, -0.2) is 0 Å². The standard InChI is InChI=1S/C24H27N5O2/c1-28(14-19-13-25-29(16-19)15-18-7-3-2-4-8-18)17-23(30)27-22-10-6-5-9-21(22)24(31)26-20-11-12-20/h2-10,13,16,20H,11-12,14-15,17H2,1H3,(H,26,31)(H,27,30). The number of nitrogens with zero attached hydrogens (tertiary/aromatic N) is 3. The van der Waals surface area contributed by atoms with Crippen LogP contribution in [-0.4, -0.2) is 46.1 Å². The van der Waals surface area contributed by atoms with Gasteiger partial charge in [-0.15, -0.1) is 0 Å². The summed E-state index contributed by atoms with van der Waals surface area (Å²) in [6.07, 6.45) is 5.87. The molecule has 0 aliphatic heterocycles. The highest BCUT2D eigenvalue weighted by molar-refractivity contribution is 6.04. The predicted molar refractivity (Wildman–Crippen MR) is 120 cm³/mol. The van der Waals surface area contributed by atoms with Crippen molar-refractivity contribution in [3.63, 3.8) is 0 Å². The van der Waals surface area contributed by atoms with Gasteiger partial charge in [0, 0.05) is 24.3 Å². The van der Waals surface area contributed by atoms with Crippen molar-refractivity contribution in [1.82, 2.24) is 20.0 Å². The van der Waals surface area contributed by atoms with E-state index in [4.69, 9.17) is 0 Å². The fourth-order valence-electron chi connectivity index (χ4n) is 3.43. The number of benzene rings is 2. The average Bonchev–Trinajstić information content (AvgIpc) is 3.46. The molecule has 0 radical (unpaired) electrons. The minimum Gasteiger partial charge on any atom is -0.349 e. The molecule has 2 aromatic carbocycles. The number of carbonyl (C=O) groups excluding carboxylic acids is 2. The van der Waals surface area contributed by atoms with Crippen molar-refractivity contribution in [2.75, 3.05) is 18.9 Å². The third-order valence-corrected chi connectivity index (χ3v) is 5.10. The summed E-state index contributed by atoms with van der Waals surface area (Å²) >= 11 is 0. The number of anilines is 1. The number of hydrogen-bond acceptors (Lipinski definition) is 4. The Labute approximate surface area is 182 Å². The van der Waals surface area contributed by atoms with Crippen LogP contribution in [0.1, 0.15) is 34.3 Å². The predicted octanol–water partition coefficient (Wildman–Crippen LogP) is 2.89. The maximum Gasteiger partial charge on any atom is 0.253 e. The van der Waals surface area contributed by atoms with Gasteiger partial charge in [0.15, 0.2) is 0 Å². The Hall–Kier alpha value is -3.45. The van der Waals surface area contributed by atoms with E-state index in [1.165, 1.54) is 5.56 Å². The molecule has 1 aromatic heterocycles. The van der Waals surface area contributed by atoms with Gasteiger partial charge in [-0.3, -0.25) is 19.2 Å². The zero-order valence-corrected chi connectivity index (χ0v) is 17.6. The Balaban J connectivity index is 1.30. The first-order valence-corrected chi connectivity index (χ1v) is 10.5. The molecule has 1 saturated carbocycles. The molecular weight excluding hydrogens is 390 g/mol. The van der Waals surface area contributed by atoms with Gasteiger partial charge in [0.1, 0.15) is 0 Å². The molecule has 4 rings (SSSR count). The Morgan fingerprint density at radius 1 is 1.06 bits per heavy atom. The van der Waals surface area contributed by atoms with Gasteiger partial charge in [0.05, 0.1) is 30.5 Å². The molecule has 160 valence electrons. The number of nitrogens with one attached hydrogen (secondary N) is 2. The van der Waals surface area contributed by atoms with E-state index in [1.807, 2.05) is 53.3 Å². The van der Waals surface area contributed by atoms with Crippen LogP contribution < -0.4 is 10.6 Å². The number of hydrogen-bond donors (Lipinski definition) is 2. The van der Waals surface area contributed by atoms with Crippen LogP contribution in [0, 0.1) is 0 Å². The van der Waals surface area contributed by atoms with E-state index in [0.717, 1.165) is 18.4 Å². The molecule has 0 saturated heterocycles. The van der Waals surface area contributed by atoms with E-state index < -0.39 is 0 Å². The molecule has 2 N–H and O–H groups in total. The van der Waals surface area contributed by atoms with Crippen molar-refractivity contribution in [2.24, 2.45) is 0 Å². The molecule has 7 heteroatoms. The highest BCUT2D eigenvalue weighted by Crippen LogP contribution is 2.21. The second-order valence-corrected chi connectivity index (χ2v) is 8.05. The number of carbonyl (C=O) groups is 2. The molecule has 1 aliphatic rings. The summed E-state index contributed by atoms with van der Waals surface area (Å²) in [4.78, 5) is 26.9. The Morgan fingerprint density at radius 2 is 1.81 bits per heavy atom. The van der Waals surface area contributed by atoms with Gasteiger partial charge >= 0.3 is 0 Å². The summed E-state index contributed by atoms with van der Waals surface area (Å²) in [5.41, 5.74) is 3.26. The molecule has 0 atom stereocenters. The first-order chi connectivity index (χ1) is 15.1. The molecule has 2 amide bonds. The van der Waals surface area contributed by atoms with E-state index in [-0.39, 0.29) is 24.4 Å². The topological polar surface area (TPSA) is 79.3 Å². The highest BCUT2D eigenvalue weighted by Gasteiger charge is 2.25. The Morgan fingerprint density at radius 3 is 2.58 bits per heavy atom. The Bertz CT molecular complexity index is 1040. The van der Waals surface area contributed by atoms with Crippen molar-refractivity contribution in [2.45, 2.75) is 32.0 Å². The second kappa shape index (κ2) is 9.57. The summed E-state index contributed by atoms with van der Waals surface area (Å²) in [6, 6.07) is 17.5. The minimum absolute atomic E-state index is 0.141. The first kappa shape index (κ1) is 20.8. The maximum atomic E-state index is 12.6. The molecule has 0 unspecified atom stereocenters. The fraction of sp³-hybridized carbons (Fsp3) is 0.292. The lowest BCUT2D eigenvalue weighted by molar-refractivity contribution is -0.117. The summed E-state index contributed by atoms with van der Waals surface area (Å²) < 4.78 is 1.90. The van der Waals surface area contributed by atoms with Gasteiger partial charge in [-0.2, -0.15) is 5.10 Å². The van der Waals surface area contributed by atoms with E-state index in [1.54, 1.807) is 18.2 Å². The van der Waals surface area contributed by atoms with Crippen molar-refractivity contribution in [3.05, 3.63) is 83.7 Å². The van der Waals surface area contributed by atoms with Gasteiger partial charge in [-0.1, -0.05) is 42.5 Å². The van der Waals surface area contributed by atoms with Crippen LogP contribution in [0.2, 0.25) is 0 Å². The molecular formula is C24H27N5O2. The molecule has 1 heterocycles. The van der Waals surface area contributed by atoms with Gasteiger partial charge in [-0.05, 0) is 37.6 Å². The van der Waals surface area contributed by atoms with Gasteiger partial charge in [0.25, 0.3) is 5.91 Å². The van der Waals surface area contributed by atoms with Crippen LogP contribution in [0.3, 0.4) is 0 Å². The average molecular weight is 418 g/mol. The van der Waals surface area contributed by atoms with Crippen molar-refractivity contribution < 1.29 is 9.59 Å². The van der Waals surface area contributed by atoms with Gasteiger partial charge in [0.2, 0.25) is 5.91 Å². The number of likely N-dealkylation sites (N-methyl/N-ethyl adjacent to an activating group) is 1. The van der Waals surface area contributed by atoms with Crippen molar-refractivity contribution >= 4 is 17.5 Å². The molecule has 1 fully saturated rings. The van der Waals surface area contributed by atoms with E-state index >= 15 is 0 Å². The maximum absolute atomic E-state index is 12.6. The molecule has 3 aromatic rings. The van der Waals surface area contributed by atoms with E-state index in [9.17, 15) is 9.59 Å². The molecule has 7 nitrogen and oxygen atoms in total. The number of para-hydroxylation sites is 1. The third-order valence-electron chi connectivity index (χ3n) is 5.10. The molecule has 1 aliphatic carbocycles. The number of rotatable bonds is 9. The Kier molecular flexibility index (Phi) is 6.43. The van der Waals surface area contributed by atoms with Crippen LogP contribution in [0.5, 0.6) is 0 Å². The van der Waals surface area contributed by atoms with Crippen LogP contribution in [-0.2, 0) is 17.9 Å². The van der Waals surface area contributed by atoms with Gasteiger partial charge < -0.3 is 10.6 Å². The molecule has 31 heavy (non-hydrogen) atoms. The lowest BCUT2D eigenvalue weighted by Crippen LogP contribution is -2.31. The molecule has 0 bridgehead atoms. The zero-order valence-electron chi connectivity index (χ0n) is 17.6. The van der Waals surface area contributed by atoms with Crippen LogP contribution in [0.4, 0.5) is 5.69 Å². The quantitative estimate of drug-likeness (QED) is 0.561. The van der Waals surface area contributed by atoms with E-state index in [0.29, 0.717) is 24.3 Å². The fourth-order valence-corrected chi connectivity index (χ4v) is 3.43. The monoisotopic (exact) mass is 417 g/mol. The van der Waals surface area contributed by atoms with Crippen LogP contribution in [0.25, 0.3) is 0 Å². The van der Waals surface area contributed by atoms with E-state index in [2.05, 4.69) is 27.9 Å². The lowest BCUT2D eigenvalue weighted by atomic mass is 10.1.